The van der Waals surface area contributed by atoms with Gasteiger partial charge in [-0.05, 0) is 25.0 Å². The van der Waals surface area contributed by atoms with E-state index in [9.17, 15) is 9.59 Å². The maximum Gasteiger partial charge on any atom is 0.330 e. The summed E-state index contributed by atoms with van der Waals surface area (Å²) in [5.74, 6) is 0. The first kappa shape index (κ1) is 11.2. The molecule has 5 heteroatoms. The summed E-state index contributed by atoms with van der Waals surface area (Å²) in [5, 5.41) is 0.489. The van der Waals surface area contributed by atoms with Gasteiger partial charge in [0.25, 0.3) is 5.56 Å². The molecule has 5 nitrogen and oxygen atoms in total. The molecule has 0 bridgehead atoms. The van der Waals surface area contributed by atoms with Gasteiger partial charge in [0.2, 0.25) is 0 Å². The Morgan fingerprint density at radius 3 is 2.78 bits per heavy atom. The van der Waals surface area contributed by atoms with Crippen LogP contribution in [0.15, 0.2) is 27.9 Å². The highest BCUT2D eigenvalue weighted by molar-refractivity contribution is 5.72. The number of hydrogen-bond donors (Lipinski definition) is 1. The molecule has 94 valence electrons. The van der Waals surface area contributed by atoms with Crippen LogP contribution in [0, 0.1) is 0 Å². The molecule has 0 aromatic carbocycles. The molecule has 2 aromatic rings. The van der Waals surface area contributed by atoms with Crippen LogP contribution in [0.3, 0.4) is 0 Å². The van der Waals surface area contributed by atoms with Gasteiger partial charge < -0.3 is 0 Å². The minimum atomic E-state index is -0.335. The van der Waals surface area contributed by atoms with Gasteiger partial charge in [0.1, 0.15) is 5.65 Å². The summed E-state index contributed by atoms with van der Waals surface area (Å²) >= 11 is 0. The topological polar surface area (TPSA) is 67.8 Å². The average molecular weight is 245 g/mol. The normalized spacial score (nSPS) is 17.1. The second-order valence-corrected chi connectivity index (χ2v) is 4.80. The summed E-state index contributed by atoms with van der Waals surface area (Å²) in [6.07, 6.45) is 6.76. The van der Waals surface area contributed by atoms with E-state index in [1.165, 1.54) is 11.0 Å². The molecule has 1 aliphatic carbocycles. The number of fused-ring (bicyclic) bond motifs is 1. The molecule has 1 fully saturated rings. The molecule has 1 saturated carbocycles. The minimum absolute atomic E-state index is 0.0413. The number of aromatic nitrogens is 3. The fourth-order valence-electron chi connectivity index (χ4n) is 2.73. The van der Waals surface area contributed by atoms with E-state index in [-0.39, 0.29) is 17.3 Å². The van der Waals surface area contributed by atoms with Gasteiger partial charge in [-0.1, -0.05) is 19.3 Å². The average Bonchev–Trinajstić information content (AvgIpc) is 2.40. The van der Waals surface area contributed by atoms with E-state index in [4.69, 9.17) is 0 Å². The molecule has 0 unspecified atom stereocenters. The zero-order valence-electron chi connectivity index (χ0n) is 10.1. The Balaban J connectivity index is 2.22. The van der Waals surface area contributed by atoms with Crippen molar-refractivity contribution in [2.45, 2.75) is 38.1 Å². The largest absolute Gasteiger partial charge is 0.330 e. The molecule has 18 heavy (non-hydrogen) atoms. The van der Waals surface area contributed by atoms with Crippen molar-refractivity contribution in [2.75, 3.05) is 0 Å². The van der Waals surface area contributed by atoms with Crippen LogP contribution < -0.4 is 11.2 Å². The van der Waals surface area contributed by atoms with Crippen molar-refractivity contribution in [1.29, 1.82) is 0 Å². The number of aromatic amines is 1. The quantitative estimate of drug-likeness (QED) is 0.829. The molecule has 0 radical (unpaired) electrons. The van der Waals surface area contributed by atoms with Crippen molar-refractivity contribution in [3.05, 3.63) is 39.2 Å². The fraction of sp³-hybridized carbons (Fsp3) is 0.462. The Morgan fingerprint density at radius 2 is 2.00 bits per heavy atom. The Kier molecular flexibility index (Phi) is 2.74. The van der Waals surface area contributed by atoms with E-state index >= 15 is 0 Å². The molecule has 1 aliphatic rings. The van der Waals surface area contributed by atoms with Gasteiger partial charge in [-0.2, -0.15) is 0 Å². The molecule has 0 amide bonds. The number of rotatable bonds is 1. The van der Waals surface area contributed by atoms with E-state index in [1.54, 1.807) is 18.3 Å². The summed E-state index contributed by atoms with van der Waals surface area (Å²) in [7, 11) is 0. The fourth-order valence-corrected chi connectivity index (χ4v) is 2.73. The second-order valence-electron chi connectivity index (χ2n) is 4.80. The van der Waals surface area contributed by atoms with E-state index in [2.05, 4.69) is 9.97 Å². The third-order valence-corrected chi connectivity index (χ3v) is 3.64. The third kappa shape index (κ3) is 1.75. The van der Waals surface area contributed by atoms with Gasteiger partial charge in [0.05, 0.1) is 5.39 Å². The second kappa shape index (κ2) is 4.40. The Labute approximate surface area is 103 Å². The highest BCUT2D eigenvalue weighted by atomic mass is 16.2. The summed E-state index contributed by atoms with van der Waals surface area (Å²) < 4.78 is 1.38. The molecule has 3 rings (SSSR count). The van der Waals surface area contributed by atoms with E-state index in [1.807, 2.05) is 0 Å². The SMILES string of the molecule is O=c1[nH]c2ncccc2c(=O)n1C1CCCCC1. The van der Waals surface area contributed by atoms with Crippen LogP contribution in [0.2, 0.25) is 0 Å². The number of nitrogens with one attached hydrogen (secondary N) is 1. The Morgan fingerprint density at radius 1 is 1.22 bits per heavy atom. The van der Waals surface area contributed by atoms with Crippen molar-refractivity contribution >= 4 is 11.0 Å². The summed E-state index contributed by atoms with van der Waals surface area (Å²) in [6.45, 7) is 0. The van der Waals surface area contributed by atoms with Crippen molar-refractivity contribution in [2.24, 2.45) is 0 Å². The van der Waals surface area contributed by atoms with Crippen LogP contribution in [0.1, 0.15) is 38.1 Å². The van der Waals surface area contributed by atoms with Gasteiger partial charge in [-0.3, -0.25) is 14.3 Å². The zero-order chi connectivity index (χ0) is 12.5. The Bertz CT molecular complexity index is 680. The lowest BCUT2D eigenvalue weighted by atomic mass is 9.95. The minimum Gasteiger partial charge on any atom is -0.291 e. The Hall–Kier alpha value is -1.91. The van der Waals surface area contributed by atoms with Crippen LogP contribution in [0.25, 0.3) is 11.0 Å². The number of hydrogen-bond acceptors (Lipinski definition) is 3. The number of H-pyrrole nitrogens is 1. The van der Waals surface area contributed by atoms with Gasteiger partial charge in [0.15, 0.2) is 0 Å². The van der Waals surface area contributed by atoms with E-state index in [0.717, 1.165) is 25.7 Å². The number of nitrogens with zero attached hydrogens (tertiary/aromatic N) is 2. The molecule has 2 aromatic heterocycles. The molecule has 0 spiro atoms. The molecular formula is C13H15N3O2. The standard InChI is InChI=1S/C13H15N3O2/c17-12-10-7-4-8-14-11(10)15-13(18)16(12)9-5-2-1-3-6-9/h4,7-9H,1-3,5-6H2,(H,14,15,18). The van der Waals surface area contributed by atoms with Crippen LogP contribution in [0.4, 0.5) is 0 Å². The van der Waals surface area contributed by atoms with Crippen molar-refractivity contribution in [1.82, 2.24) is 14.5 Å². The maximum absolute atomic E-state index is 12.4. The molecule has 0 saturated heterocycles. The monoisotopic (exact) mass is 245 g/mol. The lowest BCUT2D eigenvalue weighted by molar-refractivity contribution is 0.338. The van der Waals surface area contributed by atoms with E-state index < -0.39 is 0 Å². The van der Waals surface area contributed by atoms with Crippen LogP contribution in [-0.4, -0.2) is 14.5 Å². The van der Waals surface area contributed by atoms with E-state index in [0.29, 0.717) is 11.0 Å². The first-order chi connectivity index (χ1) is 8.77. The number of pyridine rings is 1. The molecule has 1 N–H and O–H groups in total. The molecule has 0 atom stereocenters. The summed E-state index contributed by atoms with van der Waals surface area (Å²) in [5.41, 5.74) is -0.175. The molecular weight excluding hydrogens is 230 g/mol. The first-order valence-electron chi connectivity index (χ1n) is 6.37. The van der Waals surface area contributed by atoms with Gasteiger partial charge in [0, 0.05) is 12.2 Å². The predicted octanol–water partition coefficient (Wildman–Crippen LogP) is 1.59. The highest BCUT2D eigenvalue weighted by Gasteiger charge is 2.19. The van der Waals surface area contributed by atoms with Gasteiger partial charge in [-0.25, -0.2) is 9.78 Å². The van der Waals surface area contributed by atoms with Crippen LogP contribution in [0.5, 0.6) is 0 Å². The highest BCUT2D eigenvalue weighted by Crippen LogP contribution is 2.25. The molecule has 2 heterocycles. The van der Waals surface area contributed by atoms with Crippen LogP contribution in [-0.2, 0) is 0 Å². The molecule has 0 aliphatic heterocycles. The zero-order valence-corrected chi connectivity index (χ0v) is 10.1. The summed E-state index contributed by atoms with van der Waals surface area (Å²) in [4.78, 5) is 31.1. The van der Waals surface area contributed by atoms with Crippen molar-refractivity contribution < 1.29 is 0 Å². The summed E-state index contributed by atoms with van der Waals surface area (Å²) in [6, 6.07) is 3.47. The van der Waals surface area contributed by atoms with Crippen molar-refractivity contribution in [3.8, 4) is 0 Å². The first-order valence-corrected chi connectivity index (χ1v) is 6.37. The lowest BCUT2D eigenvalue weighted by Crippen LogP contribution is -2.38. The lowest BCUT2D eigenvalue weighted by Gasteiger charge is -2.22. The van der Waals surface area contributed by atoms with Crippen molar-refractivity contribution in [3.63, 3.8) is 0 Å². The van der Waals surface area contributed by atoms with Crippen LogP contribution >= 0.6 is 0 Å². The maximum atomic E-state index is 12.4. The predicted molar refractivity (Wildman–Crippen MR) is 68.7 cm³/mol. The van der Waals surface area contributed by atoms with Gasteiger partial charge in [-0.15, -0.1) is 0 Å². The smallest absolute Gasteiger partial charge is 0.291 e. The van der Waals surface area contributed by atoms with Gasteiger partial charge >= 0.3 is 5.69 Å². The third-order valence-electron chi connectivity index (χ3n) is 3.64.